The number of rotatable bonds is 3. The molecule has 0 aromatic rings. The fourth-order valence-electron chi connectivity index (χ4n) is 3.15. The van der Waals surface area contributed by atoms with E-state index in [1.807, 2.05) is 0 Å². The van der Waals surface area contributed by atoms with E-state index in [-0.39, 0.29) is 0 Å². The molecule has 1 rings (SSSR count). The normalized spacial score (nSPS) is 22.6. The second-order valence-corrected chi connectivity index (χ2v) is 9.27. The molecule has 0 bridgehead atoms. The predicted molar refractivity (Wildman–Crippen MR) is 85.3 cm³/mol. The van der Waals surface area contributed by atoms with E-state index in [1.165, 1.54) is 37.1 Å². The summed E-state index contributed by atoms with van der Waals surface area (Å²) in [4.78, 5) is 2.46. The third kappa shape index (κ3) is 3.52. The molecule has 1 aliphatic rings. The van der Waals surface area contributed by atoms with Gasteiger partial charge in [0.25, 0.3) is 0 Å². The summed E-state index contributed by atoms with van der Waals surface area (Å²) >= 11 is 0. The van der Waals surface area contributed by atoms with Gasteiger partial charge < -0.3 is 4.48 Å². The van der Waals surface area contributed by atoms with Crippen molar-refractivity contribution in [2.75, 3.05) is 40.3 Å². The fraction of sp³-hybridized carbons (Fsp3) is 1.00. The molecule has 2 heteroatoms. The van der Waals surface area contributed by atoms with E-state index in [0.29, 0.717) is 16.4 Å². The minimum absolute atomic E-state index is 0.345. The van der Waals surface area contributed by atoms with Crippen LogP contribution in [-0.2, 0) is 0 Å². The fourth-order valence-corrected chi connectivity index (χ4v) is 3.15. The van der Waals surface area contributed by atoms with Gasteiger partial charge in [0, 0.05) is 19.5 Å². The molecule has 0 unspecified atom stereocenters. The van der Waals surface area contributed by atoms with Crippen molar-refractivity contribution in [1.29, 1.82) is 0 Å². The van der Waals surface area contributed by atoms with Crippen LogP contribution in [0.25, 0.3) is 0 Å². The lowest BCUT2D eigenvalue weighted by molar-refractivity contribution is -0.960. The molecule has 2 nitrogen and oxygen atoms in total. The van der Waals surface area contributed by atoms with Gasteiger partial charge in [-0.1, -0.05) is 34.6 Å². The van der Waals surface area contributed by atoms with Crippen LogP contribution in [0.3, 0.4) is 0 Å². The van der Waals surface area contributed by atoms with Crippen LogP contribution in [0.15, 0.2) is 0 Å². The highest BCUT2D eigenvalue weighted by Gasteiger charge is 2.47. The third-order valence-corrected chi connectivity index (χ3v) is 6.32. The van der Waals surface area contributed by atoms with Gasteiger partial charge in [0.2, 0.25) is 0 Å². The first-order valence-corrected chi connectivity index (χ1v) is 7.84. The number of likely N-dealkylation sites (N-methyl/N-ethyl adjacent to an activating group) is 2. The SMILES string of the molecule is CN1CC[N+](C)(C(C)(C)CC(C)(C)C(C)(C)C)CC1. The van der Waals surface area contributed by atoms with Crippen molar-refractivity contribution in [1.82, 2.24) is 4.90 Å². The van der Waals surface area contributed by atoms with E-state index in [9.17, 15) is 0 Å². The van der Waals surface area contributed by atoms with E-state index >= 15 is 0 Å². The van der Waals surface area contributed by atoms with Crippen molar-refractivity contribution >= 4 is 0 Å². The highest BCUT2D eigenvalue weighted by Crippen LogP contribution is 2.46. The monoisotopic (exact) mass is 269 g/mol. The minimum Gasteiger partial charge on any atom is -0.320 e. The van der Waals surface area contributed by atoms with Crippen LogP contribution < -0.4 is 0 Å². The smallest absolute Gasteiger partial charge is 0.0939 e. The zero-order chi connectivity index (χ0) is 15.1. The predicted octanol–water partition coefficient (Wildman–Crippen LogP) is 3.62. The molecule has 0 spiro atoms. The van der Waals surface area contributed by atoms with Crippen LogP contribution in [-0.4, -0.2) is 55.2 Å². The maximum atomic E-state index is 2.48. The molecule has 0 aromatic heterocycles. The first kappa shape index (κ1) is 17.0. The molecule has 0 N–H and O–H groups in total. The summed E-state index contributed by atoms with van der Waals surface area (Å²) in [6.07, 6.45) is 1.28. The van der Waals surface area contributed by atoms with Gasteiger partial charge in [-0.3, -0.25) is 4.90 Å². The lowest BCUT2D eigenvalue weighted by Gasteiger charge is -2.55. The molecular weight excluding hydrogens is 232 g/mol. The average Bonchev–Trinajstić information content (AvgIpc) is 2.19. The van der Waals surface area contributed by atoms with Crippen molar-refractivity contribution in [3.63, 3.8) is 0 Å². The number of hydrogen-bond donors (Lipinski definition) is 0. The molecule has 1 aliphatic heterocycles. The third-order valence-electron chi connectivity index (χ3n) is 6.32. The lowest BCUT2D eigenvalue weighted by Crippen LogP contribution is -2.67. The number of quaternary nitrogens is 1. The Morgan fingerprint density at radius 3 is 1.68 bits per heavy atom. The molecule has 0 saturated carbocycles. The van der Waals surface area contributed by atoms with Gasteiger partial charge in [0.05, 0.1) is 25.7 Å². The molecule has 1 heterocycles. The first-order valence-electron chi connectivity index (χ1n) is 7.84. The van der Waals surface area contributed by atoms with E-state index in [4.69, 9.17) is 0 Å². The average molecular weight is 269 g/mol. The van der Waals surface area contributed by atoms with Gasteiger partial charge >= 0.3 is 0 Å². The molecule has 19 heavy (non-hydrogen) atoms. The summed E-state index contributed by atoms with van der Waals surface area (Å²) in [7, 11) is 4.71. The number of nitrogens with zero attached hydrogens (tertiary/aromatic N) is 2. The standard InChI is InChI=1S/C17H37N2/c1-15(2,3)16(4,5)14-17(6,7)19(9)12-10-18(8)11-13-19/h10-14H2,1-9H3/q+1. The van der Waals surface area contributed by atoms with Gasteiger partial charge in [-0.15, -0.1) is 0 Å². The first-order chi connectivity index (χ1) is 8.31. The van der Waals surface area contributed by atoms with Crippen LogP contribution in [0.4, 0.5) is 0 Å². The van der Waals surface area contributed by atoms with Gasteiger partial charge in [0.15, 0.2) is 0 Å². The largest absolute Gasteiger partial charge is 0.320 e. The van der Waals surface area contributed by atoms with Gasteiger partial charge in [0.1, 0.15) is 0 Å². The zero-order valence-electron chi connectivity index (χ0n) is 14.9. The van der Waals surface area contributed by atoms with Crippen molar-refractivity contribution in [2.45, 2.75) is 60.4 Å². The molecule has 0 radical (unpaired) electrons. The Kier molecular flexibility index (Phi) is 4.50. The highest BCUT2D eigenvalue weighted by molar-refractivity contribution is 4.89. The maximum absolute atomic E-state index is 2.48. The summed E-state index contributed by atoms with van der Waals surface area (Å²) < 4.78 is 1.22. The van der Waals surface area contributed by atoms with Gasteiger partial charge in [-0.05, 0) is 31.7 Å². The van der Waals surface area contributed by atoms with Crippen LogP contribution in [0.2, 0.25) is 0 Å². The van der Waals surface area contributed by atoms with E-state index < -0.39 is 0 Å². The Balaban J connectivity index is 2.86. The van der Waals surface area contributed by atoms with Crippen LogP contribution in [0.5, 0.6) is 0 Å². The second kappa shape index (κ2) is 5.04. The van der Waals surface area contributed by atoms with Gasteiger partial charge in [-0.25, -0.2) is 0 Å². The summed E-state index contributed by atoms with van der Waals surface area (Å²) in [5, 5.41) is 0. The zero-order valence-corrected chi connectivity index (χ0v) is 14.9. The van der Waals surface area contributed by atoms with Crippen molar-refractivity contribution < 1.29 is 4.48 Å². The Morgan fingerprint density at radius 2 is 1.32 bits per heavy atom. The highest BCUT2D eigenvalue weighted by atomic mass is 15.4. The van der Waals surface area contributed by atoms with E-state index in [0.717, 1.165) is 0 Å². The Hall–Kier alpha value is -0.0800. The molecule has 0 amide bonds. The molecule has 0 aromatic carbocycles. The van der Waals surface area contributed by atoms with E-state index in [2.05, 4.69) is 67.5 Å². The molecule has 0 atom stereocenters. The molecule has 114 valence electrons. The Morgan fingerprint density at radius 1 is 0.895 bits per heavy atom. The Bertz CT molecular complexity index is 302. The molecule has 0 aliphatic carbocycles. The molecule has 1 saturated heterocycles. The topological polar surface area (TPSA) is 3.24 Å². The summed E-state index contributed by atoms with van der Waals surface area (Å²) in [6.45, 7) is 22.0. The van der Waals surface area contributed by atoms with Crippen molar-refractivity contribution in [3.8, 4) is 0 Å². The van der Waals surface area contributed by atoms with Crippen molar-refractivity contribution in [2.24, 2.45) is 10.8 Å². The van der Waals surface area contributed by atoms with E-state index in [1.54, 1.807) is 0 Å². The summed E-state index contributed by atoms with van der Waals surface area (Å²) in [6, 6.07) is 0. The van der Waals surface area contributed by atoms with Gasteiger partial charge in [-0.2, -0.15) is 0 Å². The minimum atomic E-state index is 0.345. The van der Waals surface area contributed by atoms with Crippen molar-refractivity contribution in [3.05, 3.63) is 0 Å². The second-order valence-electron chi connectivity index (χ2n) is 9.27. The maximum Gasteiger partial charge on any atom is 0.0939 e. The summed E-state index contributed by atoms with van der Waals surface area (Å²) in [5.74, 6) is 0. The quantitative estimate of drug-likeness (QED) is 0.707. The van der Waals surface area contributed by atoms with Crippen LogP contribution in [0, 0.1) is 10.8 Å². The molecule has 1 fully saturated rings. The lowest BCUT2D eigenvalue weighted by atomic mass is 9.63. The molecular formula is C17H37N2+. The Labute approximate surface area is 121 Å². The van der Waals surface area contributed by atoms with Crippen LogP contribution >= 0.6 is 0 Å². The summed E-state index contributed by atoms with van der Waals surface area (Å²) in [5.41, 5.74) is 1.06. The number of hydrogen-bond acceptors (Lipinski definition) is 1. The van der Waals surface area contributed by atoms with Crippen LogP contribution in [0.1, 0.15) is 54.9 Å². The number of piperazine rings is 1.